The molecular weight excluding hydrogens is 385 g/mol. The van der Waals surface area contributed by atoms with Crippen molar-refractivity contribution in [1.29, 1.82) is 0 Å². The summed E-state index contributed by atoms with van der Waals surface area (Å²) in [6.45, 7) is -0.0728. The van der Waals surface area contributed by atoms with Gasteiger partial charge in [0.05, 0.1) is 25.2 Å². The van der Waals surface area contributed by atoms with Crippen LogP contribution in [0, 0.1) is 10.1 Å². The van der Waals surface area contributed by atoms with Crippen molar-refractivity contribution in [1.82, 2.24) is 5.32 Å². The molecule has 1 amide bonds. The molecule has 0 unspecified atom stereocenters. The quantitative estimate of drug-likeness (QED) is 0.565. The molecule has 11 heteroatoms. The lowest BCUT2D eigenvalue weighted by molar-refractivity contribution is -0.385. The van der Waals surface area contributed by atoms with E-state index in [2.05, 4.69) is 10.1 Å². The van der Waals surface area contributed by atoms with E-state index in [1.54, 1.807) is 0 Å². The van der Waals surface area contributed by atoms with Crippen molar-refractivity contribution < 1.29 is 37.1 Å². The van der Waals surface area contributed by atoms with Crippen molar-refractivity contribution in [3.8, 4) is 17.2 Å². The molecule has 8 nitrogen and oxygen atoms in total. The molecule has 0 spiro atoms. The van der Waals surface area contributed by atoms with E-state index >= 15 is 0 Å². The van der Waals surface area contributed by atoms with E-state index in [0.717, 1.165) is 18.2 Å². The summed E-state index contributed by atoms with van der Waals surface area (Å²) < 4.78 is 50.2. The largest absolute Gasteiger partial charge is 0.573 e. The van der Waals surface area contributed by atoms with Crippen molar-refractivity contribution in [3.05, 3.63) is 57.6 Å². The van der Waals surface area contributed by atoms with E-state index in [1.807, 2.05) is 0 Å². The predicted octanol–water partition coefficient (Wildman–Crippen LogP) is 3.44. The molecule has 2 aromatic carbocycles. The van der Waals surface area contributed by atoms with Crippen molar-refractivity contribution in [2.24, 2.45) is 0 Å². The maximum Gasteiger partial charge on any atom is 0.573 e. The predicted molar refractivity (Wildman–Crippen MR) is 90.5 cm³/mol. The first-order valence-electron chi connectivity index (χ1n) is 7.68. The van der Waals surface area contributed by atoms with Gasteiger partial charge in [0.2, 0.25) is 0 Å². The molecule has 0 aliphatic carbocycles. The summed E-state index contributed by atoms with van der Waals surface area (Å²) in [5.41, 5.74) is -0.269. The number of benzene rings is 2. The third-order valence-corrected chi connectivity index (χ3v) is 3.55. The lowest BCUT2D eigenvalue weighted by Gasteiger charge is -2.11. The fourth-order valence-corrected chi connectivity index (χ4v) is 2.29. The number of hydrogen-bond acceptors (Lipinski definition) is 6. The van der Waals surface area contributed by atoms with Crippen LogP contribution in [0.3, 0.4) is 0 Å². The fraction of sp³-hybridized carbons (Fsp3) is 0.235. The second kappa shape index (κ2) is 8.46. The highest BCUT2D eigenvalue weighted by molar-refractivity contribution is 5.99. The van der Waals surface area contributed by atoms with Crippen LogP contribution in [0.5, 0.6) is 17.2 Å². The first-order chi connectivity index (χ1) is 13.1. The number of amides is 1. The third kappa shape index (κ3) is 5.25. The molecule has 1 N–H and O–H groups in total. The zero-order valence-corrected chi connectivity index (χ0v) is 14.7. The number of nitrogens with zero attached hydrogens (tertiary/aromatic N) is 1. The standard InChI is InChI=1S/C17H15F3N2O6/c1-26-14-7-12(13(22(24)25)8-15(14)27-2)16(23)21-9-10-3-5-11(6-4-10)28-17(18,19)20/h3-8H,9H2,1-2H3,(H,21,23). The van der Waals surface area contributed by atoms with Gasteiger partial charge in [0.25, 0.3) is 11.6 Å². The zero-order valence-electron chi connectivity index (χ0n) is 14.7. The van der Waals surface area contributed by atoms with Gasteiger partial charge in [-0.1, -0.05) is 12.1 Å². The van der Waals surface area contributed by atoms with Crippen molar-refractivity contribution in [2.75, 3.05) is 14.2 Å². The second-order valence-electron chi connectivity index (χ2n) is 5.36. The molecule has 2 aromatic rings. The van der Waals surface area contributed by atoms with Gasteiger partial charge in [-0.3, -0.25) is 14.9 Å². The zero-order chi connectivity index (χ0) is 20.9. The summed E-state index contributed by atoms with van der Waals surface area (Å²) in [6, 6.07) is 7.07. The summed E-state index contributed by atoms with van der Waals surface area (Å²) in [5.74, 6) is -0.945. The SMILES string of the molecule is COc1cc(C(=O)NCc2ccc(OC(F)(F)F)cc2)c([N+](=O)[O-])cc1OC. The highest BCUT2D eigenvalue weighted by atomic mass is 19.4. The van der Waals surface area contributed by atoms with Gasteiger partial charge in [0.1, 0.15) is 11.3 Å². The highest BCUT2D eigenvalue weighted by Gasteiger charge is 2.31. The van der Waals surface area contributed by atoms with Crippen LogP contribution >= 0.6 is 0 Å². The van der Waals surface area contributed by atoms with Crippen LogP contribution < -0.4 is 19.5 Å². The number of halogens is 3. The molecule has 28 heavy (non-hydrogen) atoms. The van der Waals surface area contributed by atoms with Crippen LogP contribution in [0.25, 0.3) is 0 Å². The van der Waals surface area contributed by atoms with Gasteiger partial charge in [-0.05, 0) is 17.7 Å². The molecule has 0 saturated carbocycles. The topological polar surface area (TPSA) is 99.9 Å². The Morgan fingerprint density at radius 1 is 1.11 bits per heavy atom. The average molecular weight is 400 g/mol. The van der Waals surface area contributed by atoms with E-state index in [0.29, 0.717) is 5.56 Å². The van der Waals surface area contributed by atoms with Crippen molar-refractivity contribution in [3.63, 3.8) is 0 Å². The third-order valence-electron chi connectivity index (χ3n) is 3.55. The summed E-state index contributed by atoms with van der Waals surface area (Å²) >= 11 is 0. The maximum absolute atomic E-state index is 12.4. The molecule has 0 aliphatic heterocycles. The van der Waals surface area contributed by atoms with E-state index in [4.69, 9.17) is 9.47 Å². The second-order valence-corrected chi connectivity index (χ2v) is 5.36. The Morgan fingerprint density at radius 3 is 2.18 bits per heavy atom. The summed E-state index contributed by atoms with van der Waals surface area (Å²) in [5, 5.41) is 13.7. The molecule has 2 rings (SSSR count). The molecule has 0 aromatic heterocycles. The molecular formula is C17H15F3N2O6. The van der Waals surface area contributed by atoms with Gasteiger partial charge in [-0.15, -0.1) is 13.2 Å². The minimum Gasteiger partial charge on any atom is -0.493 e. The minimum atomic E-state index is -4.80. The first kappa shape index (κ1) is 20.8. The molecule has 0 aliphatic rings. The smallest absolute Gasteiger partial charge is 0.493 e. The molecule has 0 heterocycles. The number of nitrogens with one attached hydrogen (secondary N) is 1. The lowest BCUT2D eigenvalue weighted by Crippen LogP contribution is -2.24. The summed E-state index contributed by atoms with van der Waals surface area (Å²) in [4.78, 5) is 22.9. The van der Waals surface area contributed by atoms with Gasteiger partial charge in [0.15, 0.2) is 11.5 Å². The number of rotatable bonds is 7. The van der Waals surface area contributed by atoms with Gasteiger partial charge in [0, 0.05) is 12.6 Å². The minimum absolute atomic E-state index is 0.0728. The van der Waals surface area contributed by atoms with E-state index in [9.17, 15) is 28.1 Å². The monoisotopic (exact) mass is 400 g/mol. The van der Waals surface area contributed by atoms with E-state index in [-0.39, 0.29) is 23.6 Å². The number of carbonyl (C=O) groups is 1. The number of nitro groups is 1. The van der Waals surface area contributed by atoms with Crippen LogP contribution in [0.1, 0.15) is 15.9 Å². The number of methoxy groups -OCH3 is 2. The molecule has 0 bridgehead atoms. The van der Waals surface area contributed by atoms with E-state index < -0.39 is 28.6 Å². The Balaban J connectivity index is 2.15. The van der Waals surface area contributed by atoms with Gasteiger partial charge < -0.3 is 19.5 Å². The highest BCUT2D eigenvalue weighted by Crippen LogP contribution is 2.34. The average Bonchev–Trinajstić information content (AvgIpc) is 2.64. The molecule has 0 radical (unpaired) electrons. The number of hydrogen-bond donors (Lipinski definition) is 1. The molecule has 0 fully saturated rings. The Morgan fingerprint density at radius 2 is 1.68 bits per heavy atom. The number of ether oxygens (including phenoxy) is 3. The first-order valence-corrected chi connectivity index (χ1v) is 7.68. The van der Waals surface area contributed by atoms with Crippen LogP contribution in [-0.2, 0) is 6.54 Å². The Labute approximate surface area is 157 Å². The van der Waals surface area contributed by atoms with Crippen LogP contribution in [-0.4, -0.2) is 31.4 Å². The lowest BCUT2D eigenvalue weighted by atomic mass is 10.1. The summed E-state index contributed by atoms with van der Waals surface area (Å²) in [6.07, 6.45) is -4.80. The van der Waals surface area contributed by atoms with Gasteiger partial charge in [-0.2, -0.15) is 0 Å². The van der Waals surface area contributed by atoms with Crippen LogP contribution in [0.2, 0.25) is 0 Å². The number of nitro benzene ring substituents is 1. The van der Waals surface area contributed by atoms with Crippen molar-refractivity contribution in [2.45, 2.75) is 12.9 Å². The number of carbonyl (C=O) groups excluding carboxylic acids is 1. The van der Waals surface area contributed by atoms with Crippen LogP contribution in [0.15, 0.2) is 36.4 Å². The fourth-order valence-electron chi connectivity index (χ4n) is 2.29. The van der Waals surface area contributed by atoms with Crippen molar-refractivity contribution >= 4 is 11.6 Å². The Bertz CT molecular complexity index is 868. The molecule has 0 saturated heterocycles. The van der Waals surface area contributed by atoms with E-state index in [1.165, 1.54) is 32.4 Å². The number of alkyl halides is 3. The molecule has 0 atom stereocenters. The van der Waals surface area contributed by atoms with Gasteiger partial charge >= 0.3 is 6.36 Å². The maximum atomic E-state index is 12.4. The molecule has 150 valence electrons. The normalized spacial score (nSPS) is 10.9. The van der Waals surface area contributed by atoms with Gasteiger partial charge in [-0.25, -0.2) is 0 Å². The Hall–Kier alpha value is -3.50. The Kier molecular flexibility index (Phi) is 6.29. The van der Waals surface area contributed by atoms with Crippen LogP contribution in [0.4, 0.5) is 18.9 Å². The summed E-state index contributed by atoms with van der Waals surface area (Å²) in [7, 11) is 2.61.